The van der Waals surface area contributed by atoms with Crippen LogP contribution in [0.4, 0.5) is 0 Å². The van der Waals surface area contributed by atoms with Gasteiger partial charge in [0.1, 0.15) is 0 Å². The molecule has 0 radical (unpaired) electrons. The minimum Gasteiger partial charge on any atom is -0.357 e. The molecule has 1 aromatic carbocycles. The topological polar surface area (TPSA) is 74.6 Å². The fraction of sp³-hybridized carbons (Fsp3) is 0.476. The summed E-state index contributed by atoms with van der Waals surface area (Å²) in [7, 11) is 0. The van der Waals surface area contributed by atoms with Gasteiger partial charge in [-0.15, -0.1) is 24.0 Å². The van der Waals surface area contributed by atoms with Crippen LogP contribution in [0.2, 0.25) is 0 Å². The van der Waals surface area contributed by atoms with Gasteiger partial charge in [-0.2, -0.15) is 5.10 Å². The molecule has 0 bridgehead atoms. The molecule has 1 aliphatic rings. The number of guanidine groups is 1. The fourth-order valence-corrected chi connectivity index (χ4v) is 3.27. The summed E-state index contributed by atoms with van der Waals surface area (Å²) >= 11 is 0. The number of nitrogens with one attached hydrogen (secondary N) is 2. The summed E-state index contributed by atoms with van der Waals surface area (Å²) in [6.07, 6.45) is 7.44. The Morgan fingerprint density at radius 1 is 1.24 bits per heavy atom. The van der Waals surface area contributed by atoms with Gasteiger partial charge < -0.3 is 15.5 Å². The molecule has 1 amide bonds. The van der Waals surface area contributed by atoms with Crippen molar-refractivity contribution >= 4 is 35.8 Å². The van der Waals surface area contributed by atoms with Crippen molar-refractivity contribution in [1.29, 1.82) is 0 Å². The second kappa shape index (κ2) is 12.5. The Labute approximate surface area is 190 Å². The zero-order valence-corrected chi connectivity index (χ0v) is 19.3. The van der Waals surface area contributed by atoms with Crippen molar-refractivity contribution in [2.45, 2.75) is 32.6 Å². The second-order valence-corrected chi connectivity index (χ2v) is 6.90. The van der Waals surface area contributed by atoms with Gasteiger partial charge in [0.15, 0.2) is 5.96 Å². The summed E-state index contributed by atoms with van der Waals surface area (Å²) in [5.74, 6) is 1.11. The van der Waals surface area contributed by atoms with E-state index >= 15 is 0 Å². The molecule has 7 nitrogen and oxygen atoms in total. The van der Waals surface area contributed by atoms with Gasteiger partial charge in [-0.3, -0.25) is 9.79 Å². The Kier molecular flexibility index (Phi) is 9.96. The first kappa shape index (κ1) is 23.2. The number of aromatic nitrogens is 2. The normalized spacial score (nSPS) is 14.0. The van der Waals surface area contributed by atoms with Crippen LogP contribution < -0.4 is 10.6 Å². The second-order valence-electron chi connectivity index (χ2n) is 6.90. The fourth-order valence-electron chi connectivity index (χ4n) is 3.27. The number of nitrogens with zero attached hydrogens (tertiary/aromatic N) is 4. The number of benzene rings is 1. The standard InChI is InChI=1S/C21H30N6O.HI/c1-2-22-21(23-12-7-15-26-14-6-10-20(26)28)24-13-11-18-16-25-27(17-18)19-8-4-3-5-9-19;/h3-5,8-9,16-17H,2,6-7,10-15H2,1H3,(H2,22,23,24);1H. The van der Waals surface area contributed by atoms with Gasteiger partial charge in [-0.05, 0) is 43.9 Å². The molecule has 0 aliphatic carbocycles. The highest BCUT2D eigenvalue weighted by Gasteiger charge is 2.18. The molecule has 8 heteroatoms. The van der Waals surface area contributed by atoms with Gasteiger partial charge in [-0.1, -0.05) is 18.2 Å². The van der Waals surface area contributed by atoms with Crippen LogP contribution in [0.3, 0.4) is 0 Å². The Hall–Kier alpha value is -2.10. The SMILES string of the molecule is CCNC(=NCCCN1CCCC1=O)NCCc1cnn(-c2ccccc2)c1.I. The van der Waals surface area contributed by atoms with Crippen LogP contribution in [0, 0.1) is 0 Å². The Bertz CT molecular complexity index is 776. The van der Waals surface area contributed by atoms with Crippen LogP contribution in [-0.2, 0) is 11.2 Å². The van der Waals surface area contributed by atoms with Gasteiger partial charge in [0, 0.05) is 45.3 Å². The lowest BCUT2D eigenvalue weighted by Crippen LogP contribution is -2.38. The molecule has 0 unspecified atom stereocenters. The number of amides is 1. The highest BCUT2D eigenvalue weighted by Crippen LogP contribution is 2.09. The molecule has 1 aliphatic heterocycles. The van der Waals surface area contributed by atoms with Crippen molar-refractivity contribution in [1.82, 2.24) is 25.3 Å². The highest BCUT2D eigenvalue weighted by atomic mass is 127. The minimum absolute atomic E-state index is 0. The molecule has 2 heterocycles. The predicted octanol–water partition coefficient (Wildman–Crippen LogP) is 2.60. The molecule has 3 rings (SSSR count). The van der Waals surface area contributed by atoms with E-state index in [0.717, 1.165) is 57.1 Å². The molecule has 0 atom stereocenters. The monoisotopic (exact) mass is 510 g/mol. The number of likely N-dealkylation sites (tertiary alicyclic amines) is 1. The lowest BCUT2D eigenvalue weighted by Gasteiger charge is -2.15. The molecule has 2 N–H and O–H groups in total. The minimum atomic E-state index is 0. The number of para-hydroxylation sites is 1. The van der Waals surface area contributed by atoms with Crippen molar-refractivity contribution < 1.29 is 4.79 Å². The quantitative estimate of drug-likeness (QED) is 0.236. The van der Waals surface area contributed by atoms with Crippen molar-refractivity contribution in [3.05, 3.63) is 48.3 Å². The number of halogens is 1. The molecule has 29 heavy (non-hydrogen) atoms. The maximum Gasteiger partial charge on any atom is 0.222 e. The number of hydrogen-bond donors (Lipinski definition) is 2. The maximum atomic E-state index is 11.6. The Morgan fingerprint density at radius 2 is 2.07 bits per heavy atom. The van der Waals surface area contributed by atoms with Crippen LogP contribution in [-0.4, -0.2) is 59.3 Å². The summed E-state index contributed by atoms with van der Waals surface area (Å²) in [6.45, 7) is 6.09. The third-order valence-corrected chi connectivity index (χ3v) is 4.73. The van der Waals surface area contributed by atoms with Gasteiger partial charge in [-0.25, -0.2) is 4.68 Å². The molecular formula is C21H31IN6O. The summed E-state index contributed by atoms with van der Waals surface area (Å²) in [5.41, 5.74) is 2.24. The van der Waals surface area contributed by atoms with Crippen LogP contribution in [0.5, 0.6) is 0 Å². The van der Waals surface area contributed by atoms with Crippen molar-refractivity contribution in [3.8, 4) is 5.69 Å². The number of carbonyl (C=O) groups is 1. The van der Waals surface area contributed by atoms with Gasteiger partial charge in [0.25, 0.3) is 0 Å². The van der Waals surface area contributed by atoms with Crippen LogP contribution in [0.25, 0.3) is 5.69 Å². The lowest BCUT2D eigenvalue weighted by atomic mass is 10.2. The molecular weight excluding hydrogens is 479 g/mol. The first-order valence-corrected chi connectivity index (χ1v) is 10.1. The molecule has 0 spiro atoms. The summed E-state index contributed by atoms with van der Waals surface area (Å²) < 4.78 is 1.90. The number of hydrogen-bond acceptors (Lipinski definition) is 3. The smallest absolute Gasteiger partial charge is 0.222 e. The number of aliphatic imine (C=N–C) groups is 1. The summed E-state index contributed by atoms with van der Waals surface area (Å²) in [6, 6.07) is 10.1. The Balaban J connectivity index is 0.00000300. The van der Waals surface area contributed by atoms with Crippen LogP contribution >= 0.6 is 24.0 Å². The van der Waals surface area contributed by atoms with E-state index in [9.17, 15) is 4.79 Å². The molecule has 1 saturated heterocycles. The predicted molar refractivity (Wildman–Crippen MR) is 127 cm³/mol. The van der Waals surface area contributed by atoms with E-state index in [2.05, 4.69) is 33.8 Å². The van der Waals surface area contributed by atoms with Crippen molar-refractivity contribution in [2.24, 2.45) is 4.99 Å². The largest absolute Gasteiger partial charge is 0.357 e. The van der Waals surface area contributed by atoms with E-state index < -0.39 is 0 Å². The summed E-state index contributed by atoms with van der Waals surface area (Å²) in [4.78, 5) is 18.2. The van der Waals surface area contributed by atoms with E-state index in [1.54, 1.807) is 0 Å². The molecule has 1 fully saturated rings. The molecule has 0 saturated carbocycles. The van der Waals surface area contributed by atoms with Gasteiger partial charge >= 0.3 is 0 Å². The van der Waals surface area contributed by atoms with E-state index in [0.29, 0.717) is 13.0 Å². The van der Waals surface area contributed by atoms with Crippen LogP contribution in [0.1, 0.15) is 31.7 Å². The van der Waals surface area contributed by atoms with Crippen LogP contribution in [0.15, 0.2) is 47.7 Å². The Morgan fingerprint density at radius 3 is 2.79 bits per heavy atom. The van der Waals surface area contributed by atoms with E-state index in [-0.39, 0.29) is 29.9 Å². The molecule has 1 aromatic heterocycles. The van der Waals surface area contributed by atoms with E-state index in [1.165, 1.54) is 5.56 Å². The zero-order chi connectivity index (χ0) is 19.6. The lowest BCUT2D eigenvalue weighted by molar-refractivity contribution is -0.127. The van der Waals surface area contributed by atoms with Gasteiger partial charge in [0.2, 0.25) is 5.91 Å². The summed E-state index contributed by atoms with van der Waals surface area (Å²) in [5, 5.41) is 11.1. The zero-order valence-electron chi connectivity index (χ0n) is 17.0. The average Bonchev–Trinajstić information content (AvgIpc) is 3.35. The average molecular weight is 510 g/mol. The highest BCUT2D eigenvalue weighted by molar-refractivity contribution is 14.0. The first-order valence-electron chi connectivity index (χ1n) is 10.1. The van der Waals surface area contributed by atoms with E-state index in [4.69, 9.17) is 0 Å². The maximum absolute atomic E-state index is 11.6. The number of rotatable bonds is 9. The third kappa shape index (κ3) is 7.34. The van der Waals surface area contributed by atoms with Crippen molar-refractivity contribution in [2.75, 3.05) is 32.7 Å². The number of carbonyl (C=O) groups excluding carboxylic acids is 1. The van der Waals surface area contributed by atoms with E-state index in [1.807, 2.05) is 46.1 Å². The third-order valence-electron chi connectivity index (χ3n) is 4.73. The molecule has 158 valence electrons. The van der Waals surface area contributed by atoms with Crippen molar-refractivity contribution in [3.63, 3.8) is 0 Å². The molecule has 2 aromatic rings. The van der Waals surface area contributed by atoms with Gasteiger partial charge in [0.05, 0.1) is 11.9 Å². The first-order chi connectivity index (χ1) is 13.8.